The maximum absolute atomic E-state index is 12.7. The van der Waals surface area contributed by atoms with Crippen LogP contribution < -0.4 is 4.74 Å². The molecule has 20 heavy (non-hydrogen) atoms. The van der Waals surface area contributed by atoms with Crippen LogP contribution >= 0.6 is 0 Å². The van der Waals surface area contributed by atoms with E-state index in [2.05, 4.69) is 9.72 Å². The summed E-state index contributed by atoms with van der Waals surface area (Å²) in [6, 6.07) is 5.76. The Morgan fingerprint density at radius 1 is 1.15 bits per heavy atom. The molecular formula is C13H7F4NO2. The standard InChI is InChI=1S/C13H7F4NO2/c14-12-4-1-8(6-18-12)11-3-2-10(5-9(11)7-19)20-13(15,16)17/h1-7H. The number of hydrogen-bond acceptors (Lipinski definition) is 3. The van der Waals surface area contributed by atoms with Crippen LogP contribution in [0.4, 0.5) is 17.6 Å². The van der Waals surface area contributed by atoms with Crippen LogP contribution in [-0.4, -0.2) is 17.6 Å². The highest BCUT2D eigenvalue weighted by Crippen LogP contribution is 2.29. The predicted octanol–water partition coefficient (Wildman–Crippen LogP) is 3.60. The lowest BCUT2D eigenvalue weighted by Gasteiger charge is -2.11. The molecule has 104 valence electrons. The van der Waals surface area contributed by atoms with Crippen LogP contribution in [0.2, 0.25) is 0 Å². The fraction of sp³-hybridized carbons (Fsp3) is 0.0769. The van der Waals surface area contributed by atoms with E-state index >= 15 is 0 Å². The summed E-state index contributed by atoms with van der Waals surface area (Å²) < 4.78 is 52.7. The van der Waals surface area contributed by atoms with Crippen molar-refractivity contribution >= 4 is 6.29 Å². The molecule has 0 bridgehead atoms. The molecule has 0 radical (unpaired) electrons. The van der Waals surface area contributed by atoms with Crippen LogP contribution in [0.15, 0.2) is 36.5 Å². The van der Waals surface area contributed by atoms with E-state index in [-0.39, 0.29) is 5.56 Å². The van der Waals surface area contributed by atoms with Crippen LogP contribution in [0.25, 0.3) is 11.1 Å². The van der Waals surface area contributed by atoms with Crippen molar-refractivity contribution in [3.05, 3.63) is 48.0 Å². The van der Waals surface area contributed by atoms with Crippen LogP contribution in [0.1, 0.15) is 10.4 Å². The molecule has 3 nitrogen and oxygen atoms in total. The summed E-state index contributed by atoms with van der Waals surface area (Å²) in [7, 11) is 0. The second kappa shape index (κ2) is 5.28. The van der Waals surface area contributed by atoms with Gasteiger partial charge in [-0.25, -0.2) is 4.98 Å². The van der Waals surface area contributed by atoms with Gasteiger partial charge in [0.25, 0.3) is 0 Å². The van der Waals surface area contributed by atoms with E-state index in [4.69, 9.17) is 0 Å². The molecule has 0 aliphatic carbocycles. The van der Waals surface area contributed by atoms with Crippen molar-refractivity contribution in [3.63, 3.8) is 0 Å². The lowest BCUT2D eigenvalue weighted by Crippen LogP contribution is -2.17. The first-order valence-electron chi connectivity index (χ1n) is 5.36. The minimum atomic E-state index is -4.83. The van der Waals surface area contributed by atoms with E-state index in [1.54, 1.807) is 0 Å². The number of alkyl halides is 3. The fourth-order valence-electron chi connectivity index (χ4n) is 1.63. The molecule has 0 atom stereocenters. The molecule has 0 spiro atoms. The molecule has 1 heterocycles. The number of halogens is 4. The van der Waals surface area contributed by atoms with Gasteiger partial charge in [0.2, 0.25) is 5.95 Å². The highest BCUT2D eigenvalue weighted by molar-refractivity contribution is 5.88. The second-order valence-electron chi connectivity index (χ2n) is 3.78. The summed E-state index contributed by atoms with van der Waals surface area (Å²) in [5.74, 6) is -1.20. The van der Waals surface area contributed by atoms with Crippen molar-refractivity contribution in [1.29, 1.82) is 0 Å². The third-order valence-electron chi connectivity index (χ3n) is 2.42. The summed E-state index contributed by atoms with van der Waals surface area (Å²) in [6.45, 7) is 0. The number of ether oxygens (including phenoxy) is 1. The van der Waals surface area contributed by atoms with Gasteiger partial charge in [-0.05, 0) is 35.9 Å². The number of rotatable bonds is 3. The minimum Gasteiger partial charge on any atom is -0.406 e. The topological polar surface area (TPSA) is 39.2 Å². The van der Waals surface area contributed by atoms with E-state index in [9.17, 15) is 22.4 Å². The molecule has 0 aliphatic heterocycles. The lowest BCUT2D eigenvalue weighted by atomic mass is 10.0. The van der Waals surface area contributed by atoms with Crippen LogP contribution in [0.5, 0.6) is 5.75 Å². The molecule has 0 amide bonds. The first-order chi connectivity index (χ1) is 9.39. The number of carbonyl (C=O) groups excluding carboxylic acids is 1. The maximum atomic E-state index is 12.7. The van der Waals surface area contributed by atoms with Gasteiger partial charge >= 0.3 is 6.36 Å². The number of carbonyl (C=O) groups is 1. The maximum Gasteiger partial charge on any atom is 0.573 e. The fourth-order valence-corrected chi connectivity index (χ4v) is 1.63. The van der Waals surface area contributed by atoms with Gasteiger partial charge in [0.15, 0.2) is 6.29 Å². The number of hydrogen-bond donors (Lipinski definition) is 0. The van der Waals surface area contributed by atoms with E-state index in [1.165, 1.54) is 18.3 Å². The Morgan fingerprint density at radius 3 is 2.45 bits per heavy atom. The normalized spacial score (nSPS) is 11.2. The Bertz CT molecular complexity index is 623. The second-order valence-corrected chi connectivity index (χ2v) is 3.78. The van der Waals surface area contributed by atoms with Crippen LogP contribution in [0.3, 0.4) is 0 Å². The average molecular weight is 285 g/mol. The Balaban J connectivity index is 2.40. The summed E-state index contributed by atoms with van der Waals surface area (Å²) in [4.78, 5) is 14.4. The largest absolute Gasteiger partial charge is 0.573 e. The average Bonchev–Trinajstić information content (AvgIpc) is 2.38. The monoisotopic (exact) mass is 285 g/mol. The van der Waals surface area contributed by atoms with Gasteiger partial charge in [0.1, 0.15) is 5.75 Å². The molecule has 0 aliphatic rings. The van der Waals surface area contributed by atoms with Crippen LogP contribution in [0, 0.1) is 5.95 Å². The van der Waals surface area contributed by atoms with Gasteiger partial charge in [0, 0.05) is 17.3 Å². The third-order valence-corrected chi connectivity index (χ3v) is 2.42. The lowest BCUT2D eigenvalue weighted by molar-refractivity contribution is -0.274. The summed E-state index contributed by atoms with van der Waals surface area (Å²) in [6.07, 6.45) is -3.26. The highest BCUT2D eigenvalue weighted by atomic mass is 19.4. The van der Waals surface area contributed by atoms with Crippen molar-refractivity contribution < 1.29 is 27.1 Å². The SMILES string of the molecule is O=Cc1cc(OC(F)(F)F)ccc1-c1ccc(F)nc1. The summed E-state index contributed by atoms with van der Waals surface area (Å²) >= 11 is 0. The van der Waals surface area contributed by atoms with Gasteiger partial charge in [-0.1, -0.05) is 0 Å². The number of pyridine rings is 1. The van der Waals surface area contributed by atoms with Crippen molar-refractivity contribution in [3.8, 4) is 16.9 Å². The molecule has 0 fully saturated rings. The summed E-state index contributed by atoms with van der Waals surface area (Å²) in [5, 5.41) is 0. The van der Waals surface area contributed by atoms with Gasteiger partial charge in [-0.3, -0.25) is 4.79 Å². The van der Waals surface area contributed by atoms with E-state index in [0.717, 1.165) is 18.2 Å². The third kappa shape index (κ3) is 3.31. The zero-order chi connectivity index (χ0) is 14.8. The quantitative estimate of drug-likeness (QED) is 0.491. The van der Waals surface area contributed by atoms with Crippen molar-refractivity contribution in [2.45, 2.75) is 6.36 Å². The zero-order valence-corrected chi connectivity index (χ0v) is 9.82. The van der Waals surface area contributed by atoms with E-state index in [0.29, 0.717) is 17.4 Å². The summed E-state index contributed by atoms with van der Waals surface area (Å²) in [5.41, 5.74) is 0.731. The highest BCUT2D eigenvalue weighted by Gasteiger charge is 2.31. The van der Waals surface area contributed by atoms with Crippen molar-refractivity contribution in [2.75, 3.05) is 0 Å². The molecule has 0 unspecified atom stereocenters. The van der Waals surface area contributed by atoms with Crippen molar-refractivity contribution in [1.82, 2.24) is 4.98 Å². The molecule has 1 aromatic heterocycles. The molecule has 0 saturated carbocycles. The van der Waals surface area contributed by atoms with E-state index in [1.807, 2.05) is 0 Å². The molecule has 2 aromatic rings. The molecule has 0 saturated heterocycles. The number of aldehydes is 1. The molecular weight excluding hydrogens is 278 g/mol. The Morgan fingerprint density at radius 2 is 1.90 bits per heavy atom. The Kier molecular flexibility index (Phi) is 3.69. The molecule has 2 rings (SSSR count). The van der Waals surface area contributed by atoms with E-state index < -0.39 is 18.1 Å². The van der Waals surface area contributed by atoms with Crippen LogP contribution in [-0.2, 0) is 0 Å². The first kappa shape index (κ1) is 14.0. The molecule has 0 N–H and O–H groups in total. The van der Waals surface area contributed by atoms with Gasteiger partial charge in [-0.15, -0.1) is 13.2 Å². The predicted molar refractivity (Wildman–Crippen MR) is 61.7 cm³/mol. The Labute approximate surface area is 110 Å². The van der Waals surface area contributed by atoms with Crippen molar-refractivity contribution in [2.24, 2.45) is 0 Å². The first-order valence-corrected chi connectivity index (χ1v) is 5.36. The molecule has 7 heteroatoms. The zero-order valence-electron chi connectivity index (χ0n) is 9.82. The molecule has 1 aromatic carbocycles. The number of aromatic nitrogens is 1. The smallest absolute Gasteiger partial charge is 0.406 e. The van der Waals surface area contributed by atoms with Gasteiger partial charge in [-0.2, -0.15) is 4.39 Å². The number of nitrogens with zero attached hydrogens (tertiary/aromatic N) is 1. The Hall–Kier alpha value is -2.44. The number of benzene rings is 1. The van der Waals surface area contributed by atoms with Gasteiger partial charge in [0.05, 0.1) is 0 Å². The van der Waals surface area contributed by atoms with Gasteiger partial charge < -0.3 is 4.74 Å². The minimum absolute atomic E-state index is 0.0137.